The molecule has 2 nitrogen and oxygen atoms in total. The first-order valence-corrected chi connectivity index (χ1v) is 5.99. The lowest BCUT2D eigenvalue weighted by molar-refractivity contribution is -0.688. The van der Waals surface area contributed by atoms with Crippen molar-refractivity contribution in [3.05, 3.63) is 36.5 Å². The van der Waals surface area contributed by atoms with E-state index >= 15 is 0 Å². The molecule has 1 aromatic heterocycles. The van der Waals surface area contributed by atoms with Gasteiger partial charge in [-0.05, 0) is 18.2 Å². The maximum atomic E-state index is 5.48. The van der Waals surface area contributed by atoms with Crippen molar-refractivity contribution >= 4 is 10.9 Å². The topological polar surface area (TPSA) is 13.1 Å². The summed E-state index contributed by atoms with van der Waals surface area (Å²) in [7, 11) is 0. The molecular weight excluding hydrogens is 198 g/mol. The first-order valence-electron chi connectivity index (χ1n) is 5.99. The van der Waals surface area contributed by atoms with Gasteiger partial charge in [0.05, 0.1) is 5.39 Å². The molecule has 86 valence electrons. The minimum atomic E-state index is 0.649. The third-order valence-corrected chi connectivity index (χ3v) is 2.22. The number of hydrogen-bond acceptors (Lipinski definition) is 1. The summed E-state index contributed by atoms with van der Waals surface area (Å²) in [4.78, 5) is 0. The molecule has 0 atom stereocenters. The van der Waals surface area contributed by atoms with Crippen molar-refractivity contribution in [3.63, 3.8) is 0 Å². The molecular formula is C14H20NO+. The van der Waals surface area contributed by atoms with Gasteiger partial charge in [-0.2, -0.15) is 4.57 Å². The fraction of sp³-hybridized carbons (Fsp3) is 0.357. The van der Waals surface area contributed by atoms with Crippen LogP contribution in [0.2, 0.25) is 0 Å². The number of benzene rings is 1. The highest BCUT2D eigenvalue weighted by atomic mass is 16.5. The molecule has 1 aliphatic rings. The Labute approximate surface area is 97.5 Å². The molecule has 0 N–H and O–H groups in total. The van der Waals surface area contributed by atoms with Gasteiger partial charge in [0.25, 0.3) is 12.2 Å². The molecule has 0 fully saturated rings. The Kier molecular flexibility index (Phi) is 4.77. The Morgan fingerprint density at radius 1 is 1.00 bits per heavy atom. The zero-order valence-corrected chi connectivity index (χ0v) is 10.5. The van der Waals surface area contributed by atoms with Crippen molar-refractivity contribution in [1.29, 1.82) is 0 Å². The largest absolute Gasteiger partial charge is 0.429 e. The average molecular weight is 218 g/mol. The zero-order valence-electron chi connectivity index (χ0n) is 10.5. The predicted octanol–water partition coefficient (Wildman–Crippen LogP) is 3.53. The third kappa shape index (κ3) is 2.16. The number of pyridine rings is 1. The summed E-state index contributed by atoms with van der Waals surface area (Å²) in [5.74, 6) is 0.994. The van der Waals surface area contributed by atoms with E-state index in [1.54, 1.807) is 0 Å². The number of ether oxygens (including phenoxy) is 1. The van der Waals surface area contributed by atoms with E-state index in [-0.39, 0.29) is 0 Å². The average Bonchev–Trinajstić information content (AvgIpc) is 2.81. The molecule has 0 unspecified atom stereocenters. The van der Waals surface area contributed by atoms with E-state index in [4.69, 9.17) is 4.74 Å². The second kappa shape index (κ2) is 6.11. The van der Waals surface area contributed by atoms with E-state index in [0.29, 0.717) is 6.73 Å². The number of rotatable bonds is 0. The monoisotopic (exact) mass is 218 g/mol. The minimum absolute atomic E-state index is 0.649. The summed E-state index contributed by atoms with van der Waals surface area (Å²) < 4.78 is 7.59. The van der Waals surface area contributed by atoms with Crippen molar-refractivity contribution in [1.82, 2.24) is 0 Å². The van der Waals surface area contributed by atoms with Crippen LogP contribution >= 0.6 is 0 Å². The summed E-state index contributed by atoms with van der Waals surface area (Å²) in [5.41, 5.74) is 1.21. The lowest BCUT2D eigenvalue weighted by Gasteiger charge is -1.90. The molecule has 2 aromatic rings. The van der Waals surface area contributed by atoms with Gasteiger partial charge in [0.15, 0.2) is 11.9 Å². The molecule has 16 heavy (non-hydrogen) atoms. The van der Waals surface area contributed by atoms with Gasteiger partial charge in [-0.25, -0.2) is 0 Å². The molecule has 0 saturated carbocycles. The van der Waals surface area contributed by atoms with Crippen molar-refractivity contribution < 1.29 is 9.30 Å². The van der Waals surface area contributed by atoms with Gasteiger partial charge in [-0.3, -0.25) is 0 Å². The third-order valence-electron chi connectivity index (χ3n) is 2.22. The van der Waals surface area contributed by atoms with Gasteiger partial charge in [0, 0.05) is 6.07 Å². The van der Waals surface area contributed by atoms with Crippen LogP contribution in [0.1, 0.15) is 27.7 Å². The highest BCUT2D eigenvalue weighted by Gasteiger charge is 2.20. The van der Waals surface area contributed by atoms with Gasteiger partial charge < -0.3 is 4.74 Å². The molecule has 2 heterocycles. The fourth-order valence-corrected chi connectivity index (χ4v) is 1.67. The summed E-state index contributed by atoms with van der Waals surface area (Å²) in [6.07, 6.45) is 2.04. The van der Waals surface area contributed by atoms with E-state index in [1.165, 1.54) is 10.9 Å². The summed E-state index contributed by atoms with van der Waals surface area (Å²) >= 11 is 0. The van der Waals surface area contributed by atoms with Crippen LogP contribution in [0, 0.1) is 0 Å². The van der Waals surface area contributed by atoms with Gasteiger partial charge in [-0.15, -0.1) is 0 Å². The van der Waals surface area contributed by atoms with E-state index in [1.807, 2.05) is 52.1 Å². The Balaban J connectivity index is 0.000000291. The molecule has 0 bridgehead atoms. The summed E-state index contributed by atoms with van der Waals surface area (Å²) in [5, 5.41) is 1.24. The number of para-hydroxylation sites is 1. The standard InChI is InChI=1S/C10H8NO.2C2H6/c1-3-8-4-2-6-11-7-12-9(5-1)10(8)11;2*1-2/h1-6H,7H2;2*1-2H3/q+1;;. The van der Waals surface area contributed by atoms with E-state index in [9.17, 15) is 0 Å². The van der Waals surface area contributed by atoms with Crippen LogP contribution in [-0.2, 0) is 6.73 Å². The van der Waals surface area contributed by atoms with E-state index < -0.39 is 0 Å². The van der Waals surface area contributed by atoms with Gasteiger partial charge >= 0.3 is 0 Å². The Bertz CT molecular complexity index is 413. The summed E-state index contributed by atoms with van der Waals surface area (Å²) in [6.45, 7) is 8.65. The molecule has 0 spiro atoms. The van der Waals surface area contributed by atoms with Gasteiger partial charge in [0.2, 0.25) is 0 Å². The van der Waals surface area contributed by atoms with Crippen molar-refractivity contribution in [2.75, 3.05) is 0 Å². The second-order valence-corrected chi connectivity index (χ2v) is 2.95. The van der Waals surface area contributed by atoms with Crippen LogP contribution in [-0.4, -0.2) is 0 Å². The predicted molar refractivity (Wildman–Crippen MR) is 67.5 cm³/mol. The summed E-state index contributed by atoms with van der Waals surface area (Å²) in [6, 6.07) is 10.3. The maximum Gasteiger partial charge on any atom is 0.293 e. The quantitative estimate of drug-likeness (QED) is 0.616. The normalized spacial score (nSPS) is 10.8. The second-order valence-electron chi connectivity index (χ2n) is 2.95. The van der Waals surface area contributed by atoms with Crippen LogP contribution in [0.4, 0.5) is 0 Å². The first-order chi connectivity index (χ1) is 7.95. The van der Waals surface area contributed by atoms with Crippen LogP contribution < -0.4 is 9.30 Å². The minimum Gasteiger partial charge on any atom is -0.429 e. The molecule has 0 aliphatic carbocycles. The van der Waals surface area contributed by atoms with Crippen molar-refractivity contribution in [2.45, 2.75) is 34.4 Å². The van der Waals surface area contributed by atoms with Crippen LogP contribution in [0.25, 0.3) is 10.9 Å². The fourth-order valence-electron chi connectivity index (χ4n) is 1.67. The SMILES string of the molecule is CC.CC.c1cc2c3c(c1)ccc[n+]3CO2. The van der Waals surface area contributed by atoms with E-state index in [0.717, 1.165) is 5.75 Å². The number of nitrogens with zero attached hydrogens (tertiary/aromatic N) is 1. The molecule has 3 rings (SSSR count). The molecule has 1 aromatic carbocycles. The molecule has 0 saturated heterocycles. The number of aromatic nitrogens is 1. The van der Waals surface area contributed by atoms with Crippen LogP contribution in [0.3, 0.4) is 0 Å². The Morgan fingerprint density at radius 2 is 1.69 bits per heavy atom. The molecule has 0 amide bonds. The van der Waals surface area contributed by atoms with Crippen LogP contribution in [0.15, 0.2) is 36.5 Å². The first kappa shape index (κ1) is 12.5. The molecule has 0 radical (unpaired) electrons. The Morgan fingerprint density at radius 3 is 2.44 bits per heavy atom. The van der Waals surface area contributed by atoms with Crippen LogP contribution in [0.5, 0.6) is 5.75 Å². The molecule has 2 heteroatoms. The van der Waals surface area contributed by atoms with Gasteiger partial charge in [0.1, 0.15) is 0 Å². The zero-order chi connectivity index (χ0) is 12.0. The maximum absolute atomic E-state index is 5.48. The highest BCUT2D eigenvalue weighted by Crippen LogP contribution is 2.24. The van der Waals surface area contributed by atoms with Crippen molar-refractivity contribution in [2.24, 2.45) is 0 Å². The smallest absolute Gasteiger partial charge is 0.293 e. The van der Waals surface area contributed by atoms with E-state index in [2.05, 4.69) is 16.7 Å². The number of hydrogen-bond donors (Lipinski definition) is 0. The lowest BCUT2D eigenvalue weighted by atomic mass is 10.2. The van der Waals surface area contributed by atoms with Gasteiger partial charge in [-0.1, -0.05) is 33.8 Å². The lowest BCUT2D eigenvalue weighted by Crippen LogP contribution is -2.31. The molecule has 1 aliphatic heterocycles. The van der Waals surface area contributed by atoms with Crippen molar-refractivity contribution in [3.8, 4) is 5.75 Å². The Hall–Kier alpha value is -1.57. The highest BCUT2D eigenvalue weighted by molar-refractivity contribution is 5.81.